The molecule has 2 amide bonds. The van der Waals surface area contributed by atoms with E-state index in [1.54, 1.807) is 32.2 Å². The fourth-order valence-corrected chi connectivity index (χ4v) is 5.08. The van der Waals surface area contributed by atoms with Crippen LogP contribution >= 0.6 is 0 Å². The van der Waals surface area contributed by atoms with Gasteiger partial charge in [-0.25, -0.2) is 9.37 Å². The number of anilines is 2. The van der Waals surface area contributed by atoms with Crippen LogP contribution in [0.3, 0.4) is 0 Å². The molecule has 1 saturated heterocycles. The molecule has 1 aliphatic heterocycles. The summed E-state index contributed by atoms with van der Waals surface area (Å²) in [6, 6.07) is 8.17. The van der Waals surface area contributed by atoms with E-state index in [1.165, 1.54) is 35.4 Å². The second-order valence-electron chi connectivity index (χ2n) is 9.52. The largest absolute Gasteiger partial charge is 0.417 e. The van der Waals surface area contributed by atoms with Gasteiger partial charge in [0, 0.05) is 35.6 Å². The lowest BCUT2D eigenvalue weighted by Gasteiger charge is -2.32. The molecule has 0 bridgehead atoms. The highest BCUT2D eigenvalue weighted by Gasteiger charge is 2.55. The van der Waals surface area contributed by atoms with Crippen LogP contribution in [0.4, 0.5) is 29.2 Å². The zero-order valence-corrected chi connectivity index (χ0v) is 19.8. The molecule has 0 spiro atoms. The number of carbonyl (C=O) groups excluding carboxylic acids is 2. The number of hydrogen-bond donors (Lipinski definition) is 2. The van der Waals surface area contributed by atoms with E-state index in [0.29, 0.717) is 17.2 Å². The maximum Gasteiger partial charge on any atom is 0.417 e. The average Bonchev–Trinajstić information content (AvgIpc) is 3.45. The number of hydrogen-bond acceptors (Lipinski definition) is 3. The van der Waals surface area contributed by atoms with Crippen LogP contribution in [0.2, 0.25) is 0 Å². The summed E-state index contributed by atoms with van der Waals surface area (Å²) in [5, 5.41) is 2.41. The van der Waals surface area contributed by atoms with Crippen LogP contribution in [0, 0.1) is 17.2 Å². The number of halogens is 4. The molecule has 10 heteroatoms. The molecule has 2 atom stereocenters. The summed E-state index contributed by atoms with van der Waals surface area (Å²) >= 11 is 0. The summed E-state index contributed by atoms with van der Waals surface area (Å²) in [6.45, 7) is 3.57. The highest BCUT2D eigenvalue weighted by molar-refractivity contribution is 6.06. The Bertz CT molecular complexity index is 1420. The lowest BCUT2D eigenvalue weighted by molar-refractivity contribution is -0.137. The Morgan fingerprint density at radius 3 is 2.51 bits per heavy atom. The van der Waals surface area contributed by atoms with Gasteiger partial charge in [-0.05, 0) is 48.0 Å². The lowest BCUT2D eigenvalue weighted by Crippen LogP contribution is -2.33. The minimum atomic E-state index is -4.78. The average molecular weight is 510 g/mol. The predicted molar refractivity (Wildman–Crippen MR) is 129 cm³/mol. The van der Waals surface area contributed by atoms with Gasteiger partial charge < -0.3 is 10.3 Å². The summed E-state index contributed by atoms with van der Waals surface area (Å²) in [4.78, 5) is 35.1. The number of amides is 2. The summed E-state index contributed by atoms with van der Waals surface area (Å²) < 4.78 is 54.8. The van der Waals surface area contributed by atoms with Crippen LogP contribution in [0.5, 0.6) is 0 Å². The van der Waals surface area contributed by atoms with Crippen molar-refractivity contribution in [3.63, 3.8) is 0 Å². The third-order valence-electron chi connectivity index (χ3n) is 6.83. The van der Waals surface area contributed by atoms with Crippen molar-refractivity contribution in [2.24, 2.45) is 11.3 Å². The van der Waals surface area contributed by atoms with Crippen molar-refractivity contribution in [3.8, 4) is 0 Å². The van der Waals surface area contributed by atoms with Crippen LogP contribution in [0.15, 0.2) is 78.8 Å². The first-order valence-electron chi connectivity index (χ1n) is 11.5. The van der Waals surface area contributed by atoms with Gasteiger partial charge in [0.2, 0.25) is 11.9 Å². The Balaban J connectivity index is 1.55. The second kappa shape index (κ2) is 8.72. The monoisotopic (exact) mass is 510 g/mol. The van der Waals surface area contributed by atoms with E-state index in [4.69, 9.17) is 0 Å². The number of imidazole rings is 1. The van der Waals surface area contributed by atoms with E-state index in [9.17, 15) is 27.2 Å². The van der Waals surface area contributed by atoms with Gasteiger partial charge in [-0.1, -0.05) is 32.1 Å². The van der Waals surface area contributed by atoms with Crippen LogP contribution in [-0.2, 0) is 11.0 Å². The number of H-pyrrole nitrogens is 1. The molecule has 2 aromatic carbocycles. The standard InChI is InChI=1S/C27H22F4N4O2/c1-26(2)22-18(4-3-5-21(22)35(24(26)37)25-32-12-13-33-25)15-6-11-20(27(29,30)31)19(14-15)23(36)34-17-9-7-16(28)8-10-17/h3-14,18,22H,1-2H3,(H,32,33)(H,34,36). The Labute approximate surface area is 209 Å². The van der Waals surface area contributed by atoms with Crippen LogP contribution in [0.1, 0.15) is 41.3 Å². The number of aromatic nitrogens is 2. The minimum absolute atomic E-state index is 0.157. The first-order valence-corrected chi connectivity index (χ1v) is 11.5. The van der Waals surface area contributed by atoms with Crippen molar-refractivity contribution in [2.45, 2.75) is 25.9 Å². The molecule has 37 heavy (non-hydrogen) atoms. The van der Waals surface area contributed by atoms with Crippen molar-refractivity contribution in [2.75, 3.05) is 10.2 Å². The van der Waals surface area contributed by atoms with Crippen molar-refractivity contribution < 1.29 is 27.2 Å². The van der Waals surface area contributed by atoms with E-state index < -0.39 is 46.3 Å². The number of nitrogens with one attached hydrogen (secondary N) is 2. The van der Waals surface area contributed by atoms with Crippen LogP contribution < -0.4 is 10.2 Å². The molecule has 0 saturated carbocycles. The molecule has 1 fully saturated rings. The molecule has 190 valence electrons. The second-order valence-corrected chi connectivity index (χ2v) is 9.52. The summed E-state index contributed by atoms with van der Waals surface area (Å²) in [6.07, 6.45) is 3.71. The molecule has 5 rings (SSSR count). The molecule has 2 N–H and O–H groups in total. The smallest absolute Gasteiger partial charge is 0.330 e. The third-order valence-corrected chi connectivity index (χ3v) is 6.83. The molecule has 0 radical (unpaired) electrons. The lowest BCUT2D eigenvalue weighted by atomic mass is 9.68. The molecule has 1 aromatic heterocycles. The number of allylic oxidation sites excluding steroid dienone is 4. The number of aromatic amines is 1. The van der Waals surface area contributed by atoms with Crippen molar-refractivity contribution >= 4 is 23.5 Å². The van der Waals surface area contributed by atoms with Crippen molar-refractivity contribution in [1.82, 2.24) is 9.97 Å². The fourth-order valence-electron chi connectivity index (χ4n) is 5.08. The molecular formula is C27H22F4N4O2. The molecular weight excluding hydrogens is 488 g/mol. The molecule has 2 aliphatic rings. The van der Waals surface area contributed by atoms with Gasteiger partial charge in [-0.3, -0.25) is 14.5 Å². The number of benzene rings is 2. The number of alkyl halides is 3. The Kier molecular flexibility index (Phi) is 5.77. The fraction of sp³-hybridized carbons (Fsp3) is 0.222. The summed E-state index contributed by atoms with van der Waals surface area (Å²) in [5.74, 6) is -2.27. The predicted octanol–water partition coefficient (Wildman–Crippen LogP) is 6.05. The SMILES string of the molecule is CC1(C)C(=O)N(c2ncc[nH]2)C2=CC=CC(c3ccc(C(F)(F)F)c(C(=O)Nc4ccc(F)cc4)c3)C21. The van der Waals surface area contributed by atoms with Gasteiger partial charge in [0.25, 0.3) is 5.91 Å². The quantitative estimate of drug-likeness (QED) is 0.420. The van der Waals surface area contributed by atoms with E-state index in [2.05, 4.69) is 15.3 Å². The topological polar surface area (TPSA) is 78.1 Å². The molecule has 6 nitrogen and oxygen atoms in total. The Morgan fingerprint density at radius 2 is 1.86 bits per heavy atom. The summed E-state index contributed by atoms with van der Waals surface area (Å²) in [5.41, 5.74) is -1.30. The van der Waals surface area contributed by atoms with Gasteiger partial charge in [-0.15, -0.1) is 0 Å². The molecule has 2 unspecified atom stereocenters. The summed E-state index contributed by atoms with van der Waals surface area (Å²) in [7, 11) is 0. The Morgan fingerprint density at radius 1 is 1.14 bits per heavy atom. The first kappa shape index (κ1) is 24.5. The molecule has 1 aliphatic carbocycles. The van der Waals surface area contributed by atoms with E-state index in [-0.39, 0.29) is 11.6 Å². The van der Waals surface area contributed by atoms with Crippen LogP contribution in [-0.4, -0.2) is 21.8 Å². The molecule has 3 aromatic rings. The van der Waals surface area contributed by atoms with E-state index in [0.717, 1.165) is 18.2 Å². The van der Waals surface area contributed by atoms with Crippen LogP contribution in [0.25, 0.3) is 0 Å². The van der Waals surface area contributed by atoms with Gasteiger partial charge in [0.1, 0.15) is 5.82 Å². The minimum Gasteiger partial charge on any atom is -0.330 e. The number of nitrogens with zero attached hydrogens (tertiary/aromatic N) is 2. The molecule has 2 heterocycles. The zero-order chi connectivity index (χ0) is 26.5. The Hall–Kier alpha value is -4.21. The first-order chi connectivity index (χ1) is 17.5. The van der Waals surface area contributed by atoms with Crippen molar-refractivity contribution in [3.05, 3.63) is 101 Å². The number of fused-ring (bicyclic) bond motifs is 1. The van der Waals surface area contributed by atoms with E-state index in [1.807, 2.05) is 6.08 Å². The van der Waals surface area contributed by atoms with E-state index >= 15 is 0 Å². The van der Waals surface area contributed by atoms with Gasteiger partial charge in [-0.2, -0.15) is 13.2 Å². The highest BCUT2D eigenvalue weighted by atomic mass is 19.4. The van der Waals surface area contributed by atoms with Crippen molar-refractivity contribution in [1.29, 1.82) is 0 Å². The number of carbonyl (C=O) groups is 2. The maximum absolute atomic E-state index is 13.9. The van der Waals surface area contributed by atoms with Gasteiger partial charge >= 0.3 is 6.18 Å². The zero-order valence-electron chi connectivity index (χ0n) is 19.8. The van der Waals surface area contributed by atoms with Gasteiger partial charge in [0.15, 0.2) is 0 Å². The van der Waals surface area contributed by atoms with Gasteiger partial charge in [0.05, 0.1) is 16.5 Å². The maximum atomic E-state index is 13.9. The highest BCUT2D eigenvalue weighted by Crippen LogP contribution is 2.53. The number of rotatable bonds is 4. The third kappa shape index (κ3) is 4.22. The normalized spacial score (nSPS) is 20.5.